The van der Waals surface area contributed by atoms with E-state index in [9.17, 15) is 4.79 Å². The summed E-state index contributed by atoms with van der Waals surface area (Å²) in [7, 11) is 0. The summed E-state index contributed by atoms with van der Waals surface area (Å²) in [5.41, 5.74) is 3.86. The quantitative estimate of drug-likeness (QED) is 0.751. The summed E-state index contributed by atoms with van der Waals surface area (Å²) >= 11 is 0. The molecule has 0 bridgehead atoms. The molecule has 0 saturated carbocycles. The second-order valence-corrected chi connectivity index (χ2v) is 5.41. The van der Waals surface area contributed by atoms with Crippen molar-refractivity contribution in [1.82, 2.24) is 0 Å². The first-order chi connectivity index (χ1) is 8.61. The normalized spacial score (nSPS) is 28.9. The minimum atomic E-state index is -0.256. The van der Waals surface area contributed by atoms with Crippen LogP contribution >= 0.6 is 0 Å². The lowest BCUT2D eigenvalue weighted by Gasteiger charge is -2.52. The first-order valence-electron chi connectivity index (χ1n) is 6.47. The molecule has 1 aromatic carbocycles. The number of hydrogen-bond donors (Lipinski definition) is 0. The zero-order valence-electron chi connectivity index (χ0n) is 10.9. The molecule has 18 heavy (non-hydrogen) atoms. The molecule has 0 aromatic heterocycles. The molecule has 1 saturated heterocycles. The molecule has 0 spiro atoms. The number of aryl methyl sites for hydroxylation is 2. The molecule has 1 aromatic rings. The summed E-state index contributed by atoms with van der Waals surface area (Å²) in [5.74, 6) is 0.162. The Bertz CT molecular complexity index is 495. The average molecular weight is 246 g/mol. The molecule has 3 heteroatoms. The van der Waals surface area contributed by atoms with Crippen LogP contribution in [0.15, 0.2) is 18.2 Å². The van der Waals surface area contributed by atoms with E-state index in [4.69, 9.17) is 9.47 Å². The lowest BCUT2D eigenvalue weighted by atomic mass is 9.68. The highest BCUT2D eigenvalue weighted by Crippen LogP contribution is 2.49. The minimum Gasteiger partial charge on any atom is -0.463 e. The van der Waals surface area contributed by atoms with E-state index in [0.29, 0.717) is 12.5 Å². The molecule has 0 amide bonds. The Morgan fingerprint density at radius 3 is 3.06 bits per heavy atom. The average Bonchev–Trinajstić information content (AvgIpc) is 2.29. The first kappa shape index (κ1) is 11.7. The fourth-order valence-electron chi connectivity index (χ4n) is 3.10. The second kappa shape index (κ2) is 4.09. The standard InChI is InChI=1S/C15H18O3/c1-10-3-4-13-12(7-10)5-6-15(9-17-11(2)16)14(13)8-18-15/h3-4,7,14H,5-6,8-9H2,1-2H3/t14-,15-/m1/s1. The topological polar surface area (TPSA) is 35.5 Å². The number of hydrogen-bond acceptors (Lipinski definition) is 3. The van der Waals surface area contributed by atoms with E-state index in [1.807, 2.05) is 0 Å². The van der Waals surface area contributed by atoms with Crippen LogP contribution in [0.5, 0.6) is 0 Å². The van der Waals surface area contributed by atoms with E-state index in [0.717, 1.165) is 19.4 Å². The number of carbonyl (C=O) groups is 1. The fraction of sp³-hybridized carbons (Fsp3) is 0.533. The van der Waals surface area contributed by atoms with Crippen LogP contribution in [-0.2, 0) is 20.7 Å². The van der Waals surface area contributed by atoms with Crippen LogP contribution in [0.25, 0.3) is 0 Å². The number of benzene rings is 1. The lowest BCUT2D eigenvalue weighted by Crippen LogP contribution is -2.57. The molecular formula is C15H18O3. The third kappa shape index (κ3) is 1.74. The highest BCUT2D eigenvalue weighted by atomic mass is 16.6. The van der Waals surface area contributed by atoms with Gasteiger partial charge < -0.3 is 9.47 Å². The van der Waals surface area contributed by atoms with Crippen molar-refractivity contribution in [3.05, 3.63) is 34.9 Å². The molecule has 0 N–H and O–H groups in total. The maximum Gasteiger partial charge on any atom is 0.302 e. The molecule has 3 nitrogen and oxygen atoms in total. The maximum absolute atomic E-state index is 11.0. The van der Waals surface area contributed by atoms with Crippen LogP contribution in [0.1, 0.15) is 36.0 Å². The third-order valence-corrected chi connectivity index (χ3v) is 4.18. The van der Waals surface area contributed by atoms with Crippen molar-refractivity contribution in [3.8, 4) is 0 Å². The van der Waals surface area contributed by atoms with Gasteiger partial charge in [0.05, 0.1) is 6.61 Å². The molecule has 1 aliphatic carbocycles. The molecule has 0 radical (unpaired) electrons. The molecule has 1 fully saturated rings. The van der Waals surface area contributed by atoms with Gasteiger partial charge in [-0.05, 0) is 30.9 Å². The van der Waals surface area contributed by atoms with Gasteiger partial charge >= 0.3 is 5.97 Å². The van der Waals surface area contributed by atoms with Crippen molar-refractivity contribution >= 4 is 5.97 Å². The van der Waals surface area contributed by atoms with E-state index >= 15 is 0 Å². The largest absolute Gasteiger partial charge is 0.463 e. The Labute approximate surface area is 107 Å². The van der Waals surface area contributed by atoms with Gasteiger partial charge in [0.15, 0.2) is 0 Å². The van der Waals surface area contributed by atoms with Gasteiger partial charge in [-0.15, -0.1) is 0 Å². The summed E-state index contributed by atoms with van der Waals surface area (Å²) in [6.45, 7) is 4.71. The highest BCUT2D eigenvalue weighted by molar-refractivity contribution is 5.66. The number of fused-ring (bicyclic) bond motifs is 3. The van der Waals surface area contributed by atoms with E-state index < -0.39 is 0 Å². The molecule has 2 aliphatic rings. The number of esters is 1. The second-order valence-electron chi connectivity index (χ2n) is 5.41. The van der Waals surface area contributed by atoms with Gasteiger partial charge in [0.25, 0.3) is 0 Å². The zero-order valence-corrected chi connectivity index (χ0v) is 10.9. The summed E-state index contributed by atoms with van der Waals surface area (Å²) < 4.78 is 11.0. The van der Waals surface area contributed by atoms with E-state index in [1.54, 1.807) is 0 Å². The van der Waals surface area contributed by atoms with Crippen molar-refractivity contribution in [3.63, 3.8) is 0 Å². The predicted molar refractivity (Wildman–Crippen MR) is 67.6 cm³/mol. The Hall–Kier alpha value is -1.35. The van der Waals surface area contributed by atoms with Crippen LogP contribution in [-0.4, -0.2) is 24.8 Å². The lowest BCUT2D eigenvalue weighted by molar-refractivity contribution is -0.209. The van der Waals surface area contributed by atoms with Crippen molar-refractivity contribution in [2.75, 3.05) is 13.2 Å². The molecule has 1 heterocycles. The summed E-state index contributed by atoms with van der Waals surface area (Å²) in [6, 6.07) is 6.63. The summed E-state index contributed by atoms with van der Waals surface area (Å²) in [4.78, 5) is 11.0. The molecule has 1 aliphatic heterocycles. The first-order valence-corrected chi connectivity index (χ1v) is 6.47. The third-order valence-electron chi connectivity index (χ3n) is 4.18. The Morgan fingerprint density at radius 2 is 2.39 bits per heavy atom. The molecule has 2 atom stereocenters. The number of rotatable bonds is 2. The maximum atomic E-state index is 11.0. The Balaban J connectivity index is 1.86. The van der Waals surface area contributed by atoms with Crippen LogP contribution in [0.3, 0.4) is 0 Å². The number of carbonyl (C=O) groups excluding carboxylic acids is 1. The van der Waals surface area contributed by atoms with Crippen molar-refractivity contribution < 1.29 is 14.3 Å². The van der Waals surface area contributed by atoms with Crippen molar-refractivity contribution in [2.45, 2.75) is 38.2 Å². The fourth-order valence-corrected chi connectivity index (χ4v) is 3.10. The molecular weight excluding hydrogens is 228 g/mol. The Morgan fingerprint density at radius 1 is 1.56 bits per heavy atom. The highest BCUT2D eigenvalue weighted by Gasteiger charge is 2.52. The molecule has 3 rings (SSSR count). The minimum absolute atomic E-state index is 0.228. The summed E-state index contributed by atoms with van der Waals surface area (Å²) in [5, 5.41) is 0. The van der Waals surface area contributed by atoms with Crippen LogP contribution in [0.4, 0.5) is 0 Å². The van der Waals surface area contributed by atoms with Gasteiger partial charge in [0.1, 0.15) is 12.2 Å². The van der Waals surface area contributed by atoms with Gasteiger partial charge in [0.2, 0.25) is 0 Å². The monoisotopic (exact) mass is 246 g/mol. The molecule has 0 unspecified atom stereocenters. The van der Waals surface area contributed by atoms with Gasteiger partial charge in [-0.25, -0.2) is 0 Å². The Kier molecular flexibility index (Phi) is 2.67. The van der Waals surface area contributed by atoms with E-state index in [1.165, 1.54) is 23.6 Å². The van der Waals surface area contributed by atoms with Crippen LogP contribution in [0, 0.1) is 6.92 Å². The van der Waals surface area contributed by atoms with Gasteiger partial charge in [0, 0.05) is 12.8 Å². The van der Waals surface area contributed by atoms with Gasteiger partial charge in [-0.2, -0.15) is 0 Å². The van der Waals surface area contributed by atoms with Gasteiger partial charge in [-0.1, -0.05) is 23.8 Å². The van der Waals surface area contributed by atoms with Crippen LogP contribution in [0.2, 0.25) is 0 Å². The number of ether oxygens (including phenoxy) is 2. The van der Waals surface area contributed by atoms with Crippen molar-refractivity contribution in [2.24, 2.45) is 0 Å². The zero-order chi connectivity index (χ0) is 12.8. The SMILES string of the molecule is CC(=O)OC[C@]12CCc3cc(C)ccc3[C@H]1CO2. The smallest absolute Gasteiger partial charge is 0.302 e. The summed E-state index contributed by atoms with van der Waals surface area (Å²) in [6.07, 6.45) is 1.95. The van der Waals surface area contributed by atoms with Gasteiger partial charge in [-0.3, -0.25) is 4.79 Å². The van der Waals surface area contributed by atoms with Crippen LogP contribution < -0.4 is 0 Å². The predicted octanol–water partition coefficient (Wildman–Crippen LogP) is 2.36. The van der Waals surface area contributed by atoms with E-state index in [-0.39, 0.29) is 11.6 Å². The molecule has 96 valence electrons. The van der Waals surface area contributed by atoms with E-state index in [2.05, 4.69) is 25.1 Å². The van der Waals surface area contributed by atoms with Crippen molar-refractivity contribution in [1.29, 1.82) is 0 Å².